The van der Waals surface area contributed by atoms with Gasteiger partial charge in [0.1, 0.15) is 6.61 Å². The van der Waals surface area contributed by atoms with Gasteiger partial charge in [0.2, 0.25) is 0 Å². The fourth-order valence-corrected chi connectivity index (χ4v) is 6.58. The molecule has 0 amide bonds. The molecule has 1 saturated heterocycles. The zero-order valence-electron chi connectivity index (χ0n) is 21.4. The van der Waals surface area contributed by atoms with Crippen LogP contribution in [-0.4, -0.2) is 44.7 Å². The van der Waals surface area contributed by atoms with E-state index >= 15 is 0 Å². The summed E-state index contributed by atoms with van der Waals surface area (Å²) in [5.74, 6) is -0.713. The summed E-state index contributed by atoms with van der Waals surface area (Å²) >= 11 is 0. The Labute approximate surface area is 219 Å². The third-order valence-electron chi connectivity index (χ3n) is 8.62. The number of piperidine rings is 1. The molecule has 0 saturated carbocycles. The van der Waals surface area contributed by atoms with E-state index in [9.17, 15) is 14.7 Å². The van der Waals surface area contributed by atoms with E-state index in [1.807, 2.05) is 18.2 Å². The second-order valence-electron chi connectivity index (χ2n) is 10.8. The van der Waals surface area contributed by atoms with Gasteiger partial charge in [0.15, 0.2) is 5.60 Å². The van der Waals surface area contributed by atoms with Gasteiger partial charge in [-0.15, -0.1) is 0 Å². The third kappa shape index (κ3) is 3.30. The summed E-state index contributed by atoms with van der Waals surface area (Å²) in [6, 6.07) is 14.4. The lowest BCUT2D eigenvalue weighted by Gasteiger charge is -2.31. The standard InChI is InChI=1S/C30H30N4O4/c1-2-30(37)23-12-25-27-21(15-34(25)28(35)22(23)16-38-29(30)36)20(14-33-11-5-7-18(31)13-33)26-19-8-4-3-6-17(19)9-10-24(26)32-27/h3-4,6,8-10,12,18,37H,2,5,7,11,13-16,31H2,1H3/t18?,30-/m0/s1. The first-order valence-corrected chi connectivity index (χ1v) is 13.4. The Bertz CT molecular complexity index is 1710. The molecule has 3 aliphatic rings. The predicted molar refractivity (Wildman–Crippen MR) is 145 cm³/mol. The average Bonchev–Trinajstić information content (AvgIpc) is 3.30. The highest BCUT2D eigenvalue weighted by Gasteiger charge is 2.45. The van der Waals surface area contributed by atoms with Gasteiger partial charge >= 0.3 is 5.97 Å². The Hall–Kier alpha value is -3.59. The monoisotopic (exact) mass is 510 g/mol. The van der Waals surface area contributed by atoms with E-state index in [1.54, 1.807) is 17.6 Å². The number of cyclic esters (lactones) is 1. The van der Waals surface area contributed by atoms with Gasteiger partial charge in [-0.1, -0.05) is 37.3 Å². The number of fused-ring (bicyclic) bond motifs is 7. The minimum atomic E-state index is -1.84. The first kappa shape index (κ1) is 23.5. The molecule has 194 valence electrons. The van der Waals surface area contributed by atoms with Crippen LogP contribution in [0.3, 0.4) is 0 Å². The van der Waals surface area contributed by atoms with Crippen molar-refractivity contribution in [1.29, 1.82) is 0 Å². The van der Waals surface area contributed by atoms with Crippen LogP contribution in [0, 0.1) is 0 Å². The molecule has 1 unspecified atom stereocenters. The van der Waals surface area contributed by atoms with Crippen LogP contribution in [0.1, 0.15) is 48.4 Å². The van der Waals surface area contributed by atoms with Crippen LogP contribution in [-0.2, 0) is 34.8 Å². The molecule has 7 rings (SSSR count). The van der Waals surface area contributed by atoms with E-state index in [1.165, 1.54) is 0 Å². The van der Waals surface area contributed by atoms with Gasteiger partial charge in [0.05, 0.1) is 29.0 Å². The van der Waals surface area contributed by atoms with Crippen LogP contribution in [0.4, 0.5) is 0 Å². The second-order valence-corrected chi connectivity index (χ2v) is 10.8. The van der Waals surface area contributed by atoms with Crippen molar-refractivity contribution in [2.24, 2.45) is 5.73 Å². The van der Waals surface area contributed by atoms with E-state index in [-0.39, 0.29) is 24.6 Å². The van der Waals surface area contributed by atoms with Crippen molar-refractivity contribution in [3.05, 3.63) is 75.1 Å². The number of ether oxygens (including phenoxy) is 1. The number of aliphatic hydroxyl groups is 1. The molecule has 1 fully saturated rings. The van der Waals surface area contributed by atoms with Gasteiger partial charge in [-0.25, -0.2) is 9.78 Å². The van der Waals surface area contributed by atoms with Crippen LogP contribution in [0.25, 0.3) is 33.1 Å². The first-order valence-electron chi connectivity index (χ1n) is 13.4. The summed E-state index contributed by atoms with van der Waals surface area (Å²) in [6.45, 7) is 4.48. The molecule has 8 nitrogen and oxygen atoms in total. The number of hydrogen-bond donors (Lipinski definition) is 2. The van der Waals surface area contributed by atoms with Gasteiger partial charge in [0.25, 0.3) is 5.56 Å². The summed E-state index contributed by atoms with van der Waals surface area (Å²) in [4.78, 5) is 33.8. The topological polar surface area (TPSA) is 111 Å². The van der Waals surface area contributed by atoms with Crippen LogP contribution >= 0.6 is 0 Å². The molecule has 0 radical (unpaired) electrons. The molecule has 0 bridgehead atoms. The number of nitrogens with zero attached hydrogens (tertiary/aromatic N) is 3. The minimum Gasteiger partial charge on any atom is -0.458 e. The number of likely N-dealkylation sites (tertiary alicyclic amines) is 1. The number of esters is 1. The van der Waals surface area contributed by atoms with E-state index in [2.05, 4.69) is 23.1 Å². The fourth-order valence-electron chi connectivity index (χ4n) is 6.58. The van der Waals surface area contributed by atoms with Crippen molar-refractivity contribution in [3.8, 4) is 11.4 Å². The second kappa shape index (κ2) is 8.46. The van der Waals surface area contributed by atoms with Crippen molar-refractivity contribution >= 4 is 27.6 Å². The highest BCUT2D eigenvalue weighted by Crippen LogP contribution is 2.42. The van der Waals surface area contributed by atoms with Crippen molar-refractivity contribution in [3.63, 3.8) is 0 Å². The fraction of sp³-hybridized carbons (Fsp3) is 0.367. The van der Waals surface area contributed by atoms with E-state index in [0.29, 0.717) is 29.9 Å². The van der Waals surface area contributed by atoms with Gasteiger partial charge in [-0.05, 0) is 54.3 Å². The van der Waals surface area contributed by atoms with E-state index < -0.39 is 11.6 Å². The van der Waals surface area contributed by atoms with E-state index in [4.69, 9.17) is 15.5 Å². The predicted octanol–water partition coefficient (Wildman–Crippen LogP) is 3.16. The molecule has 4 aromatic rings. The highest BCUT2D eigenvalue weighted by atomic mass is 16.6. The quantitative estimate of drug-likeness (QED) is 0.283. The van der Waals surface area contributed by atoms with Crippen molar-refractivity contribution in [2.45, 2.75) is 57.5 Å². The van der Waals surface area contributed by atoms with Crippen LogP contribution in [0.15, 0.2) is 47.3 Å². The Kier molecular flexibility index (Phi) is 5.24. The van der Waals surface area contributed by atoms with E-state index in [0.717, 1.165) is 64.4 Å². The van der Waals surface area contributed by atoms with Crippen molar-refractivity contribution in [2.75, 3.05) is 13.1 Å². The maximum absolute atomic E-state index is 13.7. The Morgan fingerprint density at radius 2 is 2.03 bits per heavy atom. The number of pyridine rings is 2. The summed E-state index contributed by atoms with van der Waals surface area (Å²) < 4.78 is 6.96. The number of hydrogen-bond acceptors (Lipinski definition) is 7. The van der Waals surface area contributed by atoms with Crippen molar-refractivity contribution in [1.82, 2.24) is 14.5 Å². The molecule has 5 heterocycles. The van der Waals surface area contributed by atoms with Crippen molar-refractivity contribution < 1.29 is 14.6 Å². The molecule has 38 heavy (non-hydrogen) atoms. The highest BCUT2D eigenvalue weighted by molar-refractivity contribution is 6.09. The molecule has 0 aliphatic carbocycles. The van der Waals surface area contributed by atoms with Gasteiger partial charge in [-0.3, -0.25) is 9.69 Å². The molecule has 2 atom stereocenters. The minimum absolute atomic E-state index is 0.117. The summed E-state index contributed by atoms with van der Waals surface area (Å²) in [5, 5.41) is 14.6. The summed E-state index contributed by atoms with van der Waals surface area (Å²) in [7, 11) is 0. The Balaban J connectivity index is 1.49. The maximum Gasteiger partial charge on any atom is 0.343 e. The molecule has 2 aromatic carbocycles. The SMILES string of the molecule is CC[C@@]1(O)C(=O)OCc2c1cc1n(c2=O)Cc2c-1nc1ccc3ccccc3c1c2CN1CCCC(N)C1. The van der Waals surface area contributed by atoms with Gasteiger partial charge < -0.3 is 20.1 Å². The largest absolute Gasteiger partial charge is 0.458 e. The number of nitrogens with two attached hydrogens (primary N) is 1. The maximum atomic E-state index is 13.7. The first-order chi connectivity index (χ1) is 18.4. The number of carbonyl (C=O) groups is 1. The molecular weight excluding hydrogens is 480 g/mol. The number of benzene rings is 2. The average molecular weight is 511 g/mol. The molecule has 0 spiro atoms. The number of aromatic nitrogens is 2. The zero-order valence-corrected chi connectivity index (χ0v) is 21.4. The lowest BCUT2D eigenvalue weighted by atomic mass is 9.86. The number of rotatable bonds is 3. The smallest absolute Gasteiger partial charge is 0.343 e. The zero-order chi connectivity index (χ0) is 26.2. The third-order valence-corrected chi connectivity index (χ3v) is 8.62. The number of carbonyl (C=O) groups excluding carboxylic acids is 1. The summed E-state index contributed by atoms with van der Waals surface area (Å²) in [6.07, 6.45) is 2.21. The molecule has 8 heteroatoms. The van der Waals surface area contributed by atoms with Crippen LogP contribution in [0.2, 0.25) is 0 Å². The molecular formula is C30H30N4O4. The normalized spacial score (nSPS) is 22.8. The molecule has 3 aliphatic heterocycles. The molecule has 2 aromatic heterocycles. The molecule has 3 N–H and O–H groups in total. The van der Waals surface area contributed by atoms with Crippen LogP contribution < -0.4 is 11.3 Å². The van der Waals surface area contributed by atoms with Gasteiger partial charge in [0, 0.05) is 35.6 Å². The van der Waals surface area contributed by atoms with Gasteiger partial charge in [-0.2, -0.15) is 0 Å². The summed E-state index contributed by atoms with van der Waals surface area (Å²) in [5.41, 5.74) is 9.34. The Morgan fingerprint density at radius 1 is 1.18 bits per heavy atom. The lowest BCUT2D eigenvalue weighted by Crippen LogP contribution is -2.44. The lowest BCUT2D eigenvalue weighted by molar-refractivity contribution is -0.172. The Morgan fingerprint density at radius 3 is 2.84 bits per heavy atom. The van der Waals surface area contributed by atoms with Crippen LogP contribution in [0.5, 0.6) is 0 Å².